The van der Waals surface area contributed by atoms with Gasteiger partial charge in [-0.1, -0.05) is 26.0 Å². The lowest BCUT2D eigenvalue weighted by molar-refractivity contribution is -0.147. The molecule has 30 heavy (non-hydrogen) atoms. The number of nitrogens with zero attached hydrogens (tertiary/aromatic N) is 1. The van der Waals surface area contributed by atoms with Crippen molar-refractivity contribution in [3.05, 3.63) is 52.9 Å². The van der Waals surface area contributed by atoms with E-state index in [0.717, 1.165) is 0 Å². The van der Waals surface area contributed by atoms with E-state index in [1.165, 1.54) is 11.0 Å². The minimum Gasteiger partial charge on any atom is -0.423 e. The number of allylic oxidation sites excluding steroid dienone is 2. The van der Waals surface area contributed by atoms with E-state index in [2.05, 4.69) is 5.32 Å². The molecule has 3 amide bonds. The number of hydrogen-bond acceptors (Lipinski definition) is 5. The van der Waals surface area contributed by atoms with Gasteiger partial charge < -0.3 is 9.73 Å². The van der Waals surface area contributed by atoms with Crippen molar-refractivity contribution in [2.45, 2.75) is 39.2 Å². The Morgan fingerprint density at radius 3 is 2.37 bits per heavy atom. The highest BCUT2D eigenvalue weighted by atomic mass is 16.4. The van der Waals surface area contributed by atoms with Crippen LogP contribution in [0.25, 0.3) is 11.0 Å². The summed E-state index contributed by atoms with van der Waals surface area (Å²) in [6, 6.07) is 7.00. The van der Waals surface area contributed by atoms with Crippen molar-refractivity contribution in [1.29, 1.82) is 0 Å². The van der Waals surface area contributed by atoms with E-state index < -0.39 is 17.6 Å². The molecule has 0 bridgehead atoms. The van der Waals surface area contributed by atoms with Gasteiger partial charge in [-0.05, 0) is 49.4 Å². The summed E-state index contributed by atoms with van der Waals surface area (Å²) in [6.07, 6.45) is 5.33. The van der Waals surface area contributed by atoms with Gasteiger partial charge in [0.1, 0.15) is 11.6 Å². The normalized spacial score (nSPS) is 21.9. The first-order valence-electron chi connectivity index (χ1n) is 10.2. The summed E-state index contributed by atoms with van der Waals surface area (Å²) in [4.78, 5) is 51.7. The number of amides is 3. The molecule has 1 aromatic carbocycles. The maximum atomic E-state index is 13.2. The van der Waals surface area contributed by atoms with Gasteiger partial charge in [0.2, 0.25) is 17.7 Å². The van der Waals surface area contributed by atoms with Crippen LogP contribution in [0.2, 0.25) is 0 Å². The SMILES string of the molecule is CC(C)C[C@H](C(=O)Nc1ccc2oc(=O)ccc2c1)N1C(=O)[C@H]2CC=CC[C@H]2C1=O. The molecule has 0 unspecified atom stereocenters. The fourth-order valence-electron chi connectivity index (χ4n) is 4.28. The largest absolute Gasteiger partial charge is 0.423 e. The lowest BCUT2D eigenvalue weighted by Crippen LogP contribution is -2.48. The molecule has 1 aliphatic carbocycles. The van der Waals surface area contributed by atoms with Gasteiger partial charge in [0.05, 0.1) is 11.8 Å². The van der Waals surface area contributed by atoms with Crippen molar-refractivity contribution in [3.63, 3.8) is 0 Å². The number of carbonyl (C=O) groups excluding carboxylic acids is 3. The molecule has 1 N–H and O–H groups in total. The van der Waals surface area contributed by atoms with E-state index in [-0.39, 0.29) is 29.6 Å². The average Bonchev–Trinajstić information content (AvgIpc) is 2.97. The third-order valence-corrected chi connectivity index (χ3v) is 5.74. The average molecular weight is 408 g/mol. The molecule has 4 rings (SSSR count). The van der Waals surface area contributed by atoms with E-state index >= 15 is 0 Å². The van der Waals surface area contributed by atoms with E-state index in [1.54, 1.807) is 24.3 Å². The molecule has 2 aromatic rings. The Bertz CT molecular complexity index is 1070. The molecule has 2 aliphatic rings. The van der Waals surface area contributed by atoms with Crippen molar-refractivity contribution in [3.8, 4) is 0 Å². The first-order chi connectivity index (χ1) is 14.3. The minimum atomic E-state index is -0.861. The van der Waals surface area contributed by atoms with E-state index in [9.17, 15) is 19.2 Å². The van der Waals surface area contributed by atoms with Crippen molar-refractivity contribution < 1.29 is 18.8 Å². The Balaban J connectivity index is 1.60. The number of hydrogen-bond donors (Lipinski definition) is 1. The van der Waals surface area contributed by atoms with Gasteiger partial charge in [0.15, 0.2) is 0 Å². The Kier molecular flexibility index (Phi) is 5.28. The van der Waals surface area contributed by atoms with Crippen LogP contribution in [-0.2, 0) is 14.4 Å². The maximum absolute atomic E-state index is 13.2. The van der Waals surface area contributed by atoms with Gasteiger partial charge in [-0.15, -0.1) is 0 Å². The molecule has 156 valence electrons. The molecule has 0 spiro atoms. The number of rotatable bonds is 5. The second-order valence-electron chi connectivity index (χ2n) is 8.34. The Morgan fingerprint density at radius 2 is 1.73 bits per heavy atom. The van der Waals surface area contributed by atoms with Crippen LogP contribution in [0.4, 0.5) is 5.69 Å². The number of fused-ring (bicyclic) bond motifs is 2. The number of nitrogens with one attached hydrogen (secondary N) is 1. The monoisotopic (exact) mass is 408 g/mol. The third-order valence-electron chi connectivity index (χ3n) is 5.74. The Labute approximate surface area is 173 Å². The Hall–Kier alpha value is -3.22. The fourth-order valence-corrected chi connectivity index (χ4v) is 4.28. The van der Waals surface area contributed by atoms with Crippen LogP contribution < -0.4 is 10.9 Å². The second kappa shape index (κ2) is 7.89. The Morgan fingerprint density at radius 1 is 1.07 bits per heavy atom. The quantitative estimate of drug-likeness (QED) is 0.466. The predicted molar refractivity (Wildman–Crippen MR) is 112 cm³/mol. The van der Waals surface area contributed by atoms with Gasteiger partial charge in [0.25, 0.3) is 0 Å². The highest BCUT2D eigenvalue weighted by Crippen LogP contribution is 2.37. The van der Waals surface area contributed by atoms with Crippen LogP contribution in [0.3, 0.4) is 0 Å². The summed E-state index contributed by atoms with van der Waals surface area (Å²) in [6.45, 7) is 3.91. The molecular formula is C23H24N2O5. The van der Waals surface area contributed by atoms with E-state index in [1.807, 2.05) is 26.0 Å². The van der Waals surface area contributed by atoms with Gasteiger partial charge in [-0.2, -0.15) is 0 Å². The second-order valence-corrected chi connectivity index (χ2v) is 8.34. The van der Waals surface area contributed by atoms with E-state index in [4.69, 9.17) is 4.42 Å². The molecule has 1 saturated heterocycles. The fraction of sp³-hybridized carbons (Fsp3) is 0.391. The number of benzene rings is 1. The molecule has 1 fully saturated rings. The minimum absolute atomic E-state index is 0.119. The number of carbonyl (C=O) groups is 3. The standard InChI is InChI=1S/C23H24N2O5/c1-13(2)11-18(25-22(28)16-5-3-4-6-17(16)23(25)29)21(27)24-15-8-9-19-14(12-15)7-10-20(26)30-19/h3-4,7-10,12-13,16-18H,5-6,11H2,1-2H3,(H,24,27)/t16-,17+,18-/m1/s1. The summed E-state index contributed by atoms with van der Waals surface area (Å²) in [5, 5.41) is 3.50. The van der Waals surface area contributed by atoms with Crippen molar-refractivity contribution in [2.75, 3.05) is 5.32 Å². The van der Waals surface area contributed by atoms with Crippen LogP contribution >= 0.6 is 0 Å². The number of likely N-dealkylation sites (tertiary alicyclic amines) is 1. The smallest absolute Gasteiger partial charge is 0.336 e. The highest BCUT2D eigenvalue weighted by molar-refractivity contribution is 6.10. The van der Waals surface area contributed by atoms with Gasteiger partial charge in [0, 0.05) is 17.1 Å². The van der Waals surface area contributed by atoms with Crippen molar-refractivity contribution in [1.82, 2.24) is 4.90 Å². The van der Waals surface area contributed by atoms with Crippen LogP contribution in [0.15, 0.2) is 51.7 Å². The maximum Gasteiger partial charge on any atom is 0.336 e. The van der Waals surface area contributed by atoms with Gasteiger partial charge in [-0.25, -0.2) is 4.79 Å². The molecular weight excluding hydrogens is 384 g/mol. The predicted octanol–water partition coefficient (Wildman–Crippen LogP) is 3.10. The summed E-state index contributed by atoms with van der Waals surface area (Å²) in [5.41, 5.74) is 0.479. The van der Waals surface area contributed by atoms with Crippen molar-refractivity contribution >= 4 is 34.4 Å². The van der Waals surface area contributed by atoms with Crippen LogP contribution in [0.5, 0.6) is 0 Å². The topological polar surface area (TPSA) is 96.7 Å². The lowest BCUT2D eigenvalue weighted by Gasteiger charge is -2.27. The first kappa shape index (κ1) is 20.1. The zero-order valence-corrected chi connectivity index (χ0v) is 17.0. The molecule has 7 nitrogen and oxygen atoms in total. The summed E-state index contributed by atoms with van der Waals surface area (Å²) < 4.78 is 5.11. The lowest BCUT2D eigenvalue weighted by atomic mass is 9.85. The van der Waals surface area contributed by atoms with Crippen LogP contribution in [0.1, 0.15) is 33.1 Å². The highest BCUT2D eigenvalue weighted by Gasteiger charge is 2.51. The number of imide groups is 1. The molecule has 1 aliphatic heterocycles. The molecule has 2 heterocycles. The molecule has 0 saturated carbocycles. The van der Waals surface area contributed by atoms with E-state index in [0.29, 0.717) is 35.9 Å². The van der Waals surface area contributed by atoms with Crippen molar-refractivity contribution in [2.24, 2.45) is 17.8 Å². The molecule has 1 aromatic heterocycles. The molecule has 7 heteroatoms. The first-order valence-corrected chi connectivity index (χ1v) is 10.2. The van der Waals surface area contributed by atoms with Crippen LogP contribution in [0, 0.1) is 17.8 Å². The summed E-state index contributed by atoms with van der Waals surface area (Å²) >= 11 is 0. The zero-order chi connectivity index (χ0) is 21.4. The summed E-state index contributed by atoms with van der Waals surface area (Å²) in [7, 11) is 0. The van der Waals surface area contributed by atoms with Crippen LogP contribution in [-0.4, -0.2) is 28.7 Å². The third kappa shape index (κ3) is 3.67. The number of anilines is 1. The molecule has 3 atom stereocenters. The zero-order valence-electron chi connectivity index (χ0n) is 17.0. The molecule has 0 radical (unpaired) electrons. The van der Waals surface area contributed by atoms with Gasteiger partial charge >= 0.3 is 5.63 Å². The van der Waals surface area contributed by atoms with Gasteiger partial charge in [-0.3, -0.25) is 19.3 Å². The summed E-state index contributed by atoms with van der Waals surface area (Å²) in [5.74, 6) is -1.52.